The van der Waals surface area contributed by atoms with Crippen LogP contribution in [-0.2, 0) is 15.6 Å². The Morgan fingerprint density at radius 3 is 2.15 bits per heavy atom. The Balaban J connectivity index is 1.60. The van der Waals surface area contributed by atoms with E-state index < -0.39 is 16.8 Å². The number of para-hydroxylation sites is 1. The number of nitrogens with zero attached hydrogens (tertiary/aromatic N) is 4. The number of unbranched alkanes of at least 4 members (excludes halogenated alkanes) is 10. The average molecular weight is 713 g/mol. The molecule has 3 aliphatic rings. The van der Waals surface area contributed by atoms with E-state index in [1.165, 1.54) is 50.5 Å². The minimum absolute atomic E-state index is 0.0805. The van der Waals surface area contributed by atoms with Gasteiger partial charge in [0.25, 0.3) is 0 Å². The lowest BCUT2D eigenvalue weighted by atomic mass is 9.73. The summed E-state index contributed by atoms with van der Waals surface area (Å²) in [6, 6.07) is 15.8. The minimum atomic E-state index is -0.986. The fourth-order valence-corrected chi connectivity index (χ4v) is 8.36. The zero-order valence-corrected chi connectivity index (χ0v) is 32.6. The number of fused-ring (bicyclic) bond motifs is 2. The van der Waals surface area contributed by atoms with E-state index in [1.807, 2.05) is 18.2 Å². The molecule has 2 aliphatic heterocycles. The molecule has 53 heavy (non-hydrogen) atoms. The number of ketones is 1. The van der Waals surface area contributed by atoms with Gasteiger partial charge in [-0.1, -0.05) is 104 Å². The van der Waals surface area contributed by atoms with Crippen molar-refractivity contribution < 1.29 is 19.3 Å². The molecule has 0 atom stereocenters. The first-order chi connectivity index (χ1) is 25.4. The molecule has 0 bridgehead atoms. The summed E-state index contributed by atoms with van der Waals surface area (Å²) in [7, 11) is 0. The molecule has 1 aliphatic carbocycles. The Bertz CT molecular complexity index is 1980. The fourth-order valence-electron chi connectivity index (χ4n) is 8.36. The Labute approximate surface area is 316 Å². The first-order valence-corrected chi connectivity index (χ1v) is 19.7. The van der Waals surface area contributed by atoms with Gasteiger partial charge < -0.3 is 15.4 Å². The van der Waals surface area contributed by atoms with Gasteiger partial charge in [-0.2, -0.15) is 9.84 Å². The van der Waals surface area contributed by atoms with Crippen LogP contribution in [0.2, 0.25) is 0 Å². The van der Waals surface area contributed by atoms with Crippen molar-refractivity contribution in [2.24, 2.45) is 0 Å². The molecule has 0 saturated carbocycles. The topological polar surface area (TPSA) is 107 Å². The lowest BCUT2D eigenvalue weighted by Crippen LogP contribution is -2.32. The number of carboxylic acid groups (broad SMARTS) is 1. The maximum absolute atomic E-state index is 14.4. The maximum Gasteiger partial charge on any atom is 0.335 e. The smallest absolute Gasteiger partial charge is 0.335 e. The highest BCUT2D eigenvalue weighted by molar-refractivity contribution is 6.27. The molecule has 7 nitrogen and oxygen atoms in total. The van der Waals surface area contributed by atoms with Crippen LogP contribution >= 0.6 is 0 Å². The molecule has 0 fully saturated rings. The molecule has 2 aromatic rings. The SMILES string of the molecule is CCCCCCCCN1/C(=C/C2=C(C(=C=[N-])C#N)C(=C/C3=[N+](CCCCCCCC)c4ccccc4C3(C)C)/C2=O)C(C)(C)c2cc(C(=O)O)ccc21. The van der Waals surface area contributed by atoms with Crippen LogP contribution in [0.25, 0.3) is 5.41 Å². The standard InChI is InChI=1S/C46H56N4O3/c1-7-9-11-13-15-19-25-49-38-22-18-17-21-36(38)45(3,4)40(49)28-34-42(33(30-47)31-48)35(43(34)51)29-41-46(5,6)37-27-32(44(52)53)23-24-39(37)50(41)26-20-16-14-12-10-8-2/h17-18,21-24,27-29H,7-16,19-20,25-26H2,1-6H3,(H,52,53). The van der Waals surface area contributed by atoms with Crippen LogP contribution in [0, 0.1) is 11.3 Å². The summed E-state index contributed by atoms with van der Waals surface area (Å²) in [5.41, 5.74) is 6.26. The predicted molar refractivity (Wildman–Crippen MR) is 215 cm³/mol. The summed E-state index contributed by atoms with van der Waals surface area (Å²) in [5, 5.41) is 30.2. The van der Waals surface area contributed by atoms with Crippen LogP contribution in [0.3, 0.4) is 0 Å². The van der Waals surface area contributed by atoms with Gasteiger partial charge in [0.1, 0.15) is 12.6 Å². The highest BCUT2D eigenvalue weighted by atomic mass is 16.4. The number of rotatable bonds is 18. The van der Waals surface area contributed by atoms with Crippen molar-refractivity contribution in [3.63, 3.8) is 0 Å². The number of aromatic carboxylic acids is 1. The van der Waals surface area contributed by atoms with Crippen LogP contribution in [0.1, 0.15) is 140 Å². The van der Waals surface area contributed by atoms with Crippen molar-refractivity contribution in [1.82, 2.24) is 0 Å². The zero-order chi connectivity index (χ0) is 38.3. The van der Waals surface area contributed by atoms with Crippen LogP contribution in [-0.4, -0.2) is 46.1 Å². The molecule has 7 heteroatoms. The number of carbonyl (C=O) groups is 2. The van der Waals surface area contributed by atoms with Gasteiger partial charge in [0.15, 0.2) is 11.5 Å². The van der Waals surface area contributed by atoms with Gasteiger partial charge in [0.05, 0.1) is 16.6 Å². The highest BCUT2D eigenvalue weighted by Gasteiger charge is 2.47. The Kier molecular flexibility index (Phi) is 12.6. The molecular weight excluding hydrogens is 657 g/mol. The van der Waals surface area contributed by atoms with Crippen LogP contribution < -0.4 is 4.90 Å². The van der Waals surface area contributed by atoms with Crippen LogP contribution in [0.5, 0.6) is 0 Å². The second-order valence-electron chi connectivity index (χ2n) is 15.8. The molecule has 0 spiro atoms. The number of nitriles is 1. The number of hydrogen-bond donors (Lipinski definition) is 1. The summed E-state index contributed by atoms with van der Waals surface area (Å²) >= 11 is 0. The Morgan fingerprint density at radius 2 is 1.51 bits per heavy atom. The Hall–Kier alpha value is -4.79. The monoisotopic (exact) mass is 712 g/mol. The van der Waals surface area contributed by atoms with Gasteiger partial charge in [0, 0.05) is 64.2 Å². The first-order valence-electron chi connectivity index (χ1n) is 19.7. The molecule has 1 N–H and O–H groups in total. The van der Waals surface area contributed by atoms with Crippen molar-refractivity contribution in [3.8, 4) is 6.07 Å². The lowest BCUT2D eigenvalue weighted by molar-refractivity contribution is -0.438. The lowest BCUT2D eigenvalue weighted by Gasteiger charge is -2.30. The highest BCUT2D eigenvalue weighted by Crippen LogP contribution is 2.50. The van der Waals surface area contributed by atoms with Crippen molar-refractivity contribution in [1.29, 1.82) is 5.26 Å². The van der Waals surface area contributed by atoms with Gasteiger partial charge in [0.2, 0.25) is 5.69 Å². The Morgan fingerprint density at radius 1 is 0.868 bits per heavy atom. The average Bonchev–Trinajstić information content (AvgIpc) is 3.49. The predicted octanol–water partition coefficient (Wildman–Crippen LogP) is 10.7. The molecule has 5 rings (SSSR count). The third-order valence-corrected chi connectivity index (χ3v) is 11.5. The van der Waals surface area contributed by atoms with E-state index in [9.17, 15) is 25.4 Å². The summed E-state index contributed by atoms with van der Waals surface area (Å²) in [4.78, 5) is 28.6. The van der Waals surface area contributed by atoms with E-state index in [1.54, 1.807) is 12.1 Å². The number of hydrogen-bond acceptors (Lipinski definition) is 4. The first kappa shape index (κ1) is 39.4. The number of carboxylic acids is 1. The zero-order valence-electron chi connectivity index (χ0n) is 32.6. The van der Waals surface area contributed by atoms with E-state index in [0.29, 0.717) is 23.3 Å². The molecule has 0 unspecified atom stereocenters. The van der Waals surface area contributed by atoms with E-state index >= 15 is 0 Å². The molecule has 0 aromatic heterocycles. The summed E-state index contributed by atoms with van der Waals surface area (Å²) in [6.45, 7) is 14.4. The summed E-state index contributed by atoms with van der Waals surface area (Å²) < 4.78 is 2.33. The van der Waals surface area contributed by atoms with Gasteiger partial charge in [-0.15, -0.1) is 0 Å². The molecule has 2 heterocycles. The van der Waals surface area contributed by atoms with E-state index in [2.05, 4.69) is 87.2 Å². The normalized spacial score (nSPS) is 18.3. The van der Waals surface area contributed by atoms with E-state index in [0.717, 1.165) is 67.0 Å². The van der Waals surface area contributed by atoms with Crippen molar-refractivity contribution in [3.05, 3.63) is 105 Å². The third kappa shape index (κ3) is 7.80. The quantitative estimate of drug-likeness (QED) is 0.0544. The number of Topliss-reactive ketones (excluding diaryl/α,β-unsaturated/α-hetero) is 1. The van der Waals surface area contributed by atoms with Crippen molar-refractivity contribution in [2.75, 3.05) is 18.0 Å². The van der Waals surface area contributed by atoms with Gasteiger partial charge >= 0.3 is 5.97 Å². The summed E-state index contributed by atoms with van der Waals surface area (Å²) in [6.07, 6.45) is 17.6. The third-order valence-electron chi connectivity index (χ3n) is 11.5. The number of carbonyl (C=O) groups excluding carboxylic acids is 1. The molecule has 0 amide bonds. The fraction of sp³-hybridized carbons (Fsp3) is 0.478. The number of allylic oxidation sites excluding steroid dienone is 7. The number of benzene rings is 2. The van der Waals surface area contributed by atoms with E-state index in [4.69, 9.17) is 0 Å². The van der Waals surface area contributed by atoms with Gasteiger partial charge in [-0.3, -0.25) is 4.79 Å². The van der Waals surface area contributed by atoms with Gasteiger partial charge in [-0.05, 0) is 56.5 Å². The second-order valence-corrected chi connectivity index (χ2v) is 15.8. The van der Waals surface area contributed by atoms with Gasteiger partial charge in [-0.25, -0.2) is 10.7 Å². The van der Waals surface area contributed by atoms with Crippen LogP contribution in [0.4, 0.5) is 11.4 Å². The van der Waals surface area contributed by atoms with Crippen molar-refractivity contribution in [2.45, 2.75) is 129 Å². The molecular formula is C46H56N4O3. The maximum atomic E-state index is 14.4. The largest absolute Gasteiger partial charge is 0.762 e. The molecule has 0 radical (unpaired) electrons. The van der Waals surface area contributed by atoms with Crippen molar-refractivity contribution >= 4 is 34.7 Å². The van der Waals surface area contributed by atoms with E-state index in [-0.39, 0.29) is 16.9 Å². The minimum Gasteiger partial charge on any atom is -0.762 e. The number of anilines is 1. The molecule has 2 aromatic carbocycles. The second kappa shape index (κ2) is 16.9. The van der Waals surface area contributed by atoms with Crippen LogP contribution in [0.15, 0.2) is 82.6 Å². The molecule has 278 valence electrons. The molecule has 0 saturated heterocycles. The summed E-state index contributed by atoms with van der Waals surface area (Å²) in [5.74, 6) is 0.918.